The number of halogens is 4. The fourth-order valence-electron chi connectivity index (χ4n) is 3.41. The van der Waals surface area contributed by atoms with Crippen LogP contribution >= 0.6 is 11.6 Å². The van der Waals surface area contributed by atoms with Crippen LogP contribution < -0.4 is 19.2 Å². The third-order valence-corrected chi connectivity index (χ3v) is 7.25. The Kier molecular flexibility index (Phi) is 9.81. The van der Waals surface area contributed by atoms with Crippen molar-refractivity contribution in [3.05, 3.63) is 82.9 Å². The Bertz CT molecular complexity index is 1430. The van der Waals surface area contributed by atoms with E-state index in [2.05, 4.69) is 10.5 Å². The Hall–Kier alpha value is -3.77. The first-order chi connectivity index (χ1) is 18.5. The van der Waals surface area contributed by atoms with E-state index in [1.807, 2.05) is 13.8 Å². The molecule has 0 bridgehead atoms. The predicted octanol–water partition coefficient (Wildman–Crippen LogP) is 5.50. The van der Waals surface area contributed by atoms with E-state index in [-0.39, 0.29) is 4.90 Å². The number of hydrazone groups is 1. The molecule has 0 aliphatic rings. The van der Waals surface area contributed by atoms with Crippen LogP contribution in [0.4, 0.5) is 18.9 Å². The zero-order valence-electron chi connectivity index (χ0n) is 20.9. The molecule has 8 nitrogen and oxygen atoms in total. The normalized spacial score (nSPS) is 11.8. The molecule has 208 valence electrons. The zero-order valence-corrected chi connectivity index (χ0v) is 22.5. The fraction of sp³-hybridized carbons (Fsp3) is 0.231. The maximum absolute atomic E-state index is 13.5. The van der Waals surface area contributed by atoms with E-state index < -0.39 is 44.9 Å². The molecule has 1 amide bonds. The third-order valence-electron chi connectivity index (χ3n) is 5.13. The van der Waals surface area contributed by atoms with Gasteiger partial charge in [-0.25, -0.2) is 13.8 Å². The highest BCUT2D eigenvalue weighted by Crippen LogP contribution is 2.38. The highest BCUT2D eigenvalue weighted by molar-refractivity contribution is 7.92. The second-order valence-corrected chi connectivity index (χ2v) is 10.1. The van der Waals surface area contributed by atoms with Gasteiger partial charge in [-0.2, -0.15) is 18.3 Å². The van der Waals surface area contributed by atoms with Crippen LogP contribution in [0.1, 0.15) is 25.0 Å². The van der Waals surface area contributed by atoms with Gasteiger partial charge in [0.25, 0.3) is 15.9 Å². The van der Waals surface area contributed by atoms with Gasteiger partial charge in [0.1, 0.15) is 6.54 Å². The average Bonchev–Trinajstić information content (AvgIpc) is 2.89. The van der Waals surface area contributed by atoms with Gasteiger partial charge in [-0.3, -0.25) is 9.10 Å². The van der Waals surface area contributed by atoms with Crippen molar-refractivity contribution < 1.29 is 35.9 Å². The lowest BCUT2D eigenvalue weighted by Crippen LogP contribution is -2.39. The molecule has 3 rings (SSSR count). The van der Waals surface area contributed by atoms with Crippen LogP contribution in [-0.2, 0) is 21.0 Å². The molecule has 0 aromatic heterocycles. The number of carbonyl (C=O) groups is 1. The summed E-state index contributed by atoms with van der Waals surface area (Å²) in [4.78, 5) is 12.5. The molecular weight excluding hydrogens is 559 g/mol. The number of hydrogen-bond donors (Lipinski definition) is 1. The number of alkyl halides is 3. The summed E-state index contributed by atoms with van der Waals surface area (Å²) in [6, 6.07) is 14.6. The summed E-state index contributed by atoms with van der Waals surface area (Å²) in [7, 11) is -4.44. The van der Waals surface area contributed by atoms with Crippen molar-refractivity contribution in [1.29, 1.82) is 0 Å². The topological polar surface area (TPSA) is 97.3 Å². The van der Waals surface area contributed by atoms with Crippen molar-refractivity contribution >= 4 is 39.4 Å². The molecule has 0 saturated heterocycles. The molecule has 0 unspecified atom stereocenters. The Labute approximate surface area is 229 Å². The number of anilines is 1. The lowest BCUT2D eigenvalue weighted by molar-refractivity contribution is -0.137. The number of rotatable bonds is 11. The van der Waals surface area contributed by atoms with Gasteiger partial charge in [0, 0.05) is 0 Å². The number of sulfonamides is 1. The number of ether oxygens (including phenoxy) is 2. The largest absolute Gasteiger partial charge is 0.490 e. The number of benzene rings is 3. The number of amides is 1. The zero-order chi connectivity index (χ0) is 28.6. The van der Waals surface area contributed by atoms with Gasteiger partial charge in [0.15, 0.2) is 11.5 Å². The third kappa shape index (κ3) is 7.64. The molecule has 3 aromatic carbocycles. The van der Waals surface area contributed by atoms with Crippen molar-refractivity contribution in [1.82, 2.24) is 5.43 Å². The van der Waals surface area contributed by atoms with Crippen molar-refractivity contribution in [2.75, 3.05) is 24.1 Å². The Morgan fingerprint density at radius 3 is 2.31 bits per heavy atom. The van der Waals surface area contributed by atoms with Crippen LogP contribution in [0, 0.1) is 0 Å². The maximum atomic E-state index is 13.5. The minimum absolute atomic E-state index is 0.220. The summed E-state index contributed by atoms with van der Waals surface area (Å²) in [6.07, 6.45) is -3.55. The minimum atomic E-state index is -4.85. The van der Waals surface area contributed by atoms with Gasteiger partial charge >= 0.3 is 6.18 Å². The molecule has 3 aromatic rings. The van der Waals surface area contributed by atoms with E-state index in [4.69, 9.17) is 21.1 Å². The van der Waals surface area contributed by atoms with Crippen molar-refractivity contribution in [2.24, 2.45) is 5.10 Å². The van der Waals surface area contributed by atoms with Crippen LogP contribution in [0.2, 0.25) is 5.02 Å². The molecule has 0 atom stereocenters. The number of carbonyl (C=O) groups excluding carboxylic acids is 1. The van der Waals surface area contributed by atoms with Gasteiger partial charge < -0.3 is 9.47 Å². The molecule has 0 aliphatic carbocycles. The molecule has 0 fully saturated rings. The number of hydrogen-bond acceptors (Lipinski definition) is 6. The molecule has 0 spiro atoms. The molecule has 0 radical (unpaired) electrons. The Morgan fingerprint density at radius 2 is 1.67 bits per heavy atom. The van der Waals surface area contributed by atoms with Crippen LogP contribution in [0.5, 0.6) is 11.5 Å². The average molecular weight is 584 g/mol. The quantitative estimate of drug-likeness (QED) is 0.237. The number of nitrogens with one attached hydrogen (secondary N) is 1. The highest BCUT2D eigenvalue weighted by atomic mass is 35.5. The molecule has 39 heavy (non-hydrogen) atoms. The smallest absolute Gasteiger partial charge is 0.417 e. The lowest BCUT2D eigenvalue weighted by Gasteiger charge is -2.24. The summed E-state index contributed by atoms with van der Waals surface area (Å²) < 4.78 is 78.8. The molecule has 1 N–H and O–H groups in total. The standard InChI is InChI=1S/C26H25ClF3N3O5S/c1-3-37-23-13-10-18(14-24(23)38-4-2)16-31-32-25(34)17-33(39(35,36)20-8-6-5-7-9-20)19-11-12-22(27)21(15-19)26(28,29)30/h5-16H,3-4,17H2,1-2H3,(H,32,34)/b31-16+. The molecule has 0 heterocycles. The first kappa shape index (κ1) is 29.8. The van der Waals surface area contributed by atoms with Crippen molar-refractivity contribution in [3.63, 3.8) is 0 Å². The second kappa shape index (κ2) is 12.9. The van der Waals surface area contributed by atoms with Crippen LogP contribution in [-0.4, -0.2) is 40.3 Å². The van der Waals surface area contributed by atoms with Crippen molar-refractivity contribution in [2.45, 2.75) is 24.9 Å². The van der Waals surface area contributed by atoms with Gasteiger partial charge in [-0.15, -0.1) is 0 Å². The Morgan fingerprint density at radius 1 is 1.00 bits per heavy atom. The summed E-state index contributed by atoms with van der Waals surface area (Å²) in [5.41, 5.74) is 1.11. The summed E-state index contributed by atoms with van der Waals surface area (Å²) in [6.45, 7) is 3.61. The summed E-state index contributed by atoms with van der Waals surface area (Å²) in [5, 5.41) is 3.24. The first-order valence-electron chi connectivity index (χ1n) is 11.6. The van der Waals surface area contributed by atoms with Crippen LogP contribution in [0.15, 0.2) is 76.7 Å². The summed E-state index contributed by atoms with van der Waals surface area (Å²) in [5.74, 6) is 0.103. The number of nitrogens with zero attached hydrogens (tertiary/aromatic N) is 2. The predicted molar refractivity (Wildman–Crippen MR) is 142 cm³/mol. The van der Waals surface area contributed by atoms with Gasteiger partial charge in [-0.05, 0) is 67.9 Å². The fourth-order valence-corrected chi connectivity index (χ4v) is 5.07. The van der Waals surface area contributed by atoms with E-state index in [0.29, 0.717) is 40.6 Å². The Balaban J connectivity index is 1.88. The van der Waals surface area contributed by atoms with E-state index in [9.17, 15) is 26.4 Å². The molecular formula is C26H25ClF3N3O5S. The van der Waals surface area contributed by atoms with Crippen LogP contribution in [0.25, 0.3) is 0 Å². The van der Waals surface area contributed by atoms with Gasteiger partial charge in [-0.1, -0.05) is 29.8 Å². The van der Waals surface area contributed by atoms with E-state index in [1.54, 1.807) is 24.3 Å². The molecule has 0 saturated carbocycles. The van der Waals surface area contributed by atoms with E-state index >= 15 is 0 Å². The molecule has 13 heteroatoms. The van der Waals surface area contributed by atoms with Crippen molar-refractivity contribution in [3.8, 4) is 11.5 Å². The van der Waals surface area contributed by atoms with Gasteiger partial charge in [0.2, 0.25) is 0 Å². The van der Waals surface area contributed by atoms with E-state index in [0.717, 1.165) is 12.1 Å². The highest BCUT2D eigenvalue weighted by Gasteiger charge is 2.35. The van der Waals surface area contributed by atoms with Gasteiger partial charge in [0.05, 0.1) is 40.6 Å². The SMILES string of the molecule is CCOc1ccc(/C=N/NC(=O)CN(c2ccc(Cl)c(C(F)(F)F)c2)S(=O)(=O)c2ccccc2)cc1OCC. The van der Waals surface area contributed by atoms with Crippen LogP contribution in [0.3, 0.4) is 0 Å². The summed E-state index contributed by atoms with van der Waals surface area (Å²) >= 11 is 5.70. The second-order valence-electron chi connectivity index (χ2n) is 7.85. The van der Waals surface area contributed by atoms with E-state index in [1.165, 1.54) is 30.5 Å². The maximum Gasteiger partial charge on any atom is 0.417 e. The first-order valence-corrected chi connectivity index (χ1v) is 13.4. The minimum Gasteiger partial charge on any atom is -0.490 e. The molecule has 0 aliphatic heterocycles. The lowest BCUT2D eigenvalue weighted by atomic mass is 10.2. The monoisotopic (exact) mass is 583 g/mol.